The number of rotatable bonds is 5. The van der Waals surface area contributed by atoms with Crippen LogP contribution >= 0.6 is 0 Å². The molecular weight excluding hydrogens is 271 g/mol. The molecule has 1 aromatic heterocycles. The van der Waals surface area contributed by atoms with Crippen molar-refractivity contribution in [2.45, 2.75) is 13.0 Å². The molecule has 0 saturated carbocycles. The molecule has 4 nitrogen and oxygen atoms in total. The van der Waals surface area contributed by atoms with Crippen LogP contribution in [0.25, 0.3) is 0 Å². The molecule has 0 spiro atoms. The fourth-order valence-corrected chi connectivity index (χ4v) is 2.10. The van der Waals surface area contributed by atoms with E-state index in [2.05, 4.69) is 5.32 Å². The molecule has 112 valence electrons. The summed E-state index contributed by atoms with van der Waals surface area (Å²) in [6.07, 6.45) is 1.61. The monoisotopic (exact) mass is 290 g/mol. The molecule has 21 heavy (non-hydrogen) atoms. The van der Waals surface area contributed by atoms with E-state index in [0.717, 1.165) is 5.76 Å². The number of amides is 1. The summed E-state index contributed by atoms with van der Waals surface area (Å²) >= 11 is 0. The second-order valence-corrected chi connectivity index (χ2v) is 5.17. The number of carbonyl (C=O) groups is 1. The molecule has 0 fully saturated rings. The van der Waals surface area contributed by atoms with Crippen LogP contribution in [0.2, 0.25) is 0 Å². The van der Waals surface area contributed by atoms with Crippen LogP contribution in [0.1, 0.15) is 27.7 Å². The second-order valence-electron chi connectivity index (χ2n) is 5.17. The van der Waals surface area contributed by atoms with Crippen LogP contribution in [0.15, 0.2) is 41.0 Å². The van der Waals surface area contributed by atoms with Crippen LogP contribution in [0, 0.1) is 12.7 Å². The maximum absolute atomic E-state index is 13.2. The molecule has 2 aromatic rings. The van der Waals surface area contributed by atoms with Gasteiger partial charge in [0.25, 0.3) is 5.91 Å². The van der Waals surface area contributed by atoms with Gasteiger partial charge in [0.2, 0.25) is 0 Å². The minimum atomic E-state index is -0.312. The Hall–Kier alpha value is -2.14. The molecule has 0 saturated heterocycles. The highest BCUT2D eigenvalue weighted by Crippen LogP contribution is 2.18. The van der Waals surface area contributed by atoms with Gasteiger partial charge in [0.1, 0.15) is 11.6 Å². The highest BCUT2D eigenvalue weighted by Gasteiger charge is 2.18. The van der Waals surface area contributed by atoms with Crippen molar-refractivity contribution >= 4 is 5.91 Å². The maximum atomic E-state index is 13.2. The van der Waals surface area contributed by atoms with Crippen LogP contribution in [-0.2, 0) is 0 Å². The molecular formula is C16H19FN2O2. The van der Waals surface area contributed by atoms with Gasteiger partial charge >= 0.3 is 0 Å². The predicted molar refractivity (Wildman–Crippen MR) is 78.6 cm³/mol. The van der Waals surface area contributed by atoms with Crippen LogP contribution in [0.3, 0.4) is 0 Å². The summed E-state index contributed by atoms with van der Waals surface area (Å²) in [5.41, 5.74) is 0.906. The third-order valence-electron chi connectivity index (χ3n) is 3.37. The fraction of sp³-hybridized carbons (Fsp3) is 0.312. The minimum Gasteiger partial charge on any atom is -0.468 e. The van der Waals surface area contributed by atoms with E-state index >= 15 is 0 Å². The van der Waals surface area contributed by atoms with Crippen LogP contribution in [-0.4, -0.2) is 31.4 Å². The van der Waals surface area contributed by atoms with Gasteiger partial charge in [-0.1, -0.05) is 0 Å². The zero-order valence-electron chi connectivity index (χ0n) is 12.4. The summed E-state index contributed by atoms with van der Waals surface area (Å²) in [5.74, 6) is 0.250. The van der Waals surface area contributed by atoms with Crippen LogP contribution < -0.4 is 5.32 Å². The van der Waals surface area contributed by atoms with Crippen molar-refractivity contribution < 1.29 is 13.6 Å². The number of carbonyl (C=O) groups excluding carboxylic acids is 1. The van der Waals surface area contributed by atoms with Gasteiger partial charge in [-0.3, -0.25) is 9.69 Å². The largest absolute Gasteiger partial charge is 0.468 e. The number of furan rings is 1. The first-order valence-corrected chi connectivity index (χ1v) is 6.73. The zero-order valence-corrected chi connectivity index (χ0v) is 12.4. The number of hydrogen-bond acceptors (Lipinski definition) is 3. The Morgan fingerprint density at radius 3 is 2.71 bits per heavy atom. The maximum Gasteiger partial charge on any atom is 0.251 e. The Kier molecular flexibility index (Phi) is 4.75. The van der Waals surface area contributed by atoms with Gasteiger partial charge in [-0.2, -0.15) is 0 Å². The van der Waals surface area contributed by atoms with Gasteiger partial charge in [0, 0.05) is 12.1 Å². The topological polar surface area (TPSA) is 45.5 Å². The first kappa shape index (κ1) is 15.3. The average Bonchev–Trinajstić information content (AvgIpc) is 2.95. The van der Waals surface area contributed by atoms with Crippen molar-refractivity contribution in [2.24, 2.45) is 0 Å². The third kappa shape index (κ3) is 3.70. The van der Waals surface area contributed by atoms with E-state index in [0.29, 0.717) is 17.7 Å². The summed E-state index contributed by atoms with van der Waals surface area (Å²) in [6.45, 7) is 2.05. The molecule has 1 heterocycles. The molecule has 1 N–H and O–H groups in total. The van der Waals surface area contributed by atoms with E-state index in [4.69, 9.17) is 4.42 Å². The number of likely N-dealkylation sites (N-methyl/N-ethyl adjacent to an activating group) is 1. The Balaban J connectivity index is 2.03. The van der Waals surface area contributed by atoms with Crippen molar-refractivity contribution in [1.82, 2.24) is 10.2 Å². The standard InChI is InChI=1S/C16H19FN2O2/c1-11-9-12(6-7-13(11)17)16(20)18-10-14(19(2)3)15-5-4-8-21-15/h4-9,14H,10H2,1-3H3,(H,18,20). The summed E-state index contributed by atoms with van der Waals surface area (Å²) in [5, 5.41) is 2.85. The number of nitrogens with zero attached hydrogens (tertiary/aromatic N) is 1. The Labute approximate surface area is 123 Å². The highest BCUT2D eigenvalue weighted by atomic mass is 19.1. The number of nitrogens with one attached hydrogen (secondary N) is 1. The van der Waals surface area contributed by atoms with Gasteiger partial charge in [0.15, 0.2) is 0 Å². The molecule has 2 rings (SSSR count). The lowest BCUT2D eigenvalue weighted by atomic mass is 10.1. The molecule has 0 aliphatic rings. The minimum absolute atomic E-state index is 0.0505. The predicted octanol–water partition coefficient (Wildman–Crippen LogP) is 2.76. The average molecular weight is 290 g/mol. The van der Waals surface area contributed by atoms with E-state index in [-0.39, 0.29) is 17.8 Å². The Morgan fingerprint density at radius 2 is 2.14 bits per heavy atom. The number of hydrogen-bond donors (Lipinski definition) is 1. The Bertz CT molecular complexity index is 609. The van der Waals surface area contributed by atoms with Gasteiger partial charge < -0.3 is 9.73 Å². The molecule has 0 aliphatic carbocycles. The molecule has 1 amide bonds. The smallest absolute Gasteiger partial charge is 0.251 e. The van der Waals surface area contributed by atoms with Gasteiger partial charge in [-0.05, 0) is 56.9 Å². The molecule has 0 bridgehead atoms. The number of aryl methyl sites for hydroxylation is 1. The zero-order chi connectivity index (χ0) is 15.4. The molecule has 5 heteroatoms. The van der Waals surface area contributed by atoms with Crippen molar-refractivity contribution in [3.8, 4) is 0 Å². The lowest BCUT2D eigenvalue weighted by Gasteiger charge is -2.22. The first-order chi connectivity index (χ1) is 9.99. The van der Waals surface area contributed by atoms with Crippen LogP contribution in [0.5, 0.6) is 0 Å². The second kappa shape index (κ2) is 6.54. The lowest BCUT2D eigenvalue weighted by molar-refractivity contribution is 0.0939. The van der Waals surface area contributed by atoms with Gasteiger partial charge in [0.05, 0.1) is 12.3 Å². The summed E-state index contributed by atoms with van der Waals surface area (Å²) in [7, 11) is 3.84. The summed E-state index contributed by atoms with van der Waals surface area (Å²) in [6, 6.07) is 7.97. The van der Waals surface area contributed by atoms with E-state index in [1.807, 2.05) is 31.1 Å². The third-order valence-corrected chi connectivity index (χ3v) is 3.37. The molecule has 1 aromatic carbocycles. The number of halogens is 1. The van der Waals surface area contributed by atoms with Crippen molar-refractivity contribution in [1.29, 1.82) is 0 Å². The lowest BCUT2D eigenvalue weighted by Crippen LogP contribution is -2.34. The highest BCUT2D eigenvalue weighted by molar-refractivity contribution is 5.94. The van der Waals surface area contributed by atoms with E-state index in [1.54, 1.807) is 19.3 Å². The number of benzene rings is 1. The van der Waals surface area contributed by atoms with E-state index in [9.17, 15) is 9.18 Å². The van der Waals surface area contributed by atoms with Crippen molar-refractivity contribution in [2.75, 3.05) is 20.6 Å². The Morgan fingerprint density at radius 1 is 1.38 bits per heavy atom. The van der Waals surface area contributed by atoms with Crippen molar-refractivity contribution in [3.63, 3.8) is 0 Å². The van der Waals surface area contributed by atoms with Gasteiger partial charge in [-0.15, -0.1) is 0 Å². The van der Waals surface area contributed by atoms with E-state index in [1.165, 1.54) is 12.1 Å². The molecule has 1 atom stereocenters. The molecule has 0 radical (unpaired) electrons. The molecule has 0 aliphatic heterocycles. The summed E-state index contributed by atoms with van der Waals surface area (Å²) < 4.78 is 18.6. The van der Waals surface area contributed by atoms with Crippen LogP contribution in [0.4, 0.5) is 4.39 Å². The quantitative estimate of drug-likeness (QED) is 0.921. The van der Waals surface area contributed by atoms with E-state index < -0.39 is 0 Å². The fourth-order valence-electron chi connectivity index (χ4n) is 2.10. The molecule has 1 unspecified atom stereocenters. The summed E-state index contributed by atoms with van der Waals surface area (Å²) in [4.78, 5) is 14.1. The SMILES string of the molecule is Cc1cc(C(=O)NCC(c2ccco2)N(C)C)ccc1F. The normalized spacial score (nSPS) is 12.4. The van der Waals surface area contributed by atoms with Crippen molar-refractivity contribution in [3.05, 3.63) is 59.3 Å². The van der Waals surface area contributed by atoms with Gasteiger partial charge in [-0.25, -0.2) is 4.39 Å². The first-order valence-electron chi connectivity index (χ1n) is 6.73.